The minimum absolute atomic E-state index is 0.170. The molecule has 20 heavy (non-hydrogen) atoms. The lowest BCUT2D eigenvalue weighted by atomic mass is 10.2. The molecule has 0 saturated carbocycles. The van der Waals surface area contributed by atoms with Crippen molar-refractivity contribution in [2.45, 2.75) is 32.4 Å². The number of nitrogens with one attached hydrogen (secondary N) is 1. The van der Waals surface area contributed by atoms with E-state index in [1.165, 1.54) is 0 Å². The molecule has 1 aromatic carbocycles. The van der Waals surface area contributed by atoms with Gasteiger partial charge in [-0.25, -0.2) is 4.98 Å². The molecule has 0 spiro atoms. The van der Waals surface area contributed by atoms with Crippen molar-refractivity contribution >= 4 is 11.0 Å². The number of nitrogens with zero attached hydrogens (tertiary/aromatic N) is 4. The highest BCUT2D eigenvalue weighted by Crippen LogP contribution is 2.17. The molecule has 0 amide bonds. The van der Waals surface area contributed by atoms with Crippen LogP contribution in [0, 0.1) is 22.7 Å². The van der Waals surface area contributed by atoms with Crippen LogP contribution in [-0.2, 0) is 13.0 Å². The topological polar surface area (TPSA) is 77.4 Å². The SMILES string of the molecule is CCNC(C#N)CCn1c(CC#N)nc2ccccc21. The second-order valence-electron chi connectivity index (χ2n) is 4.53. The Kier molecular flexibility index (Phi) is 4.70. The Labute approximate surface area is 118 Å². The maximum Gasteiger partial charge on any atom is 0.124 e. The minimum atomic E-state index is -0.170. The summed E-state index contributed by atoms with van der Waals surface area (Å²) in [4.78, 5) is 4.49. The summed E-state index contributed by atoms with van der Waals surface area (Å²) in [6.45, 7) is 3.44. The summed E-state index contributed by atoms with van der Waals surface area (Å²) in [5.74, 6) is 0.766. The lowest BCUT2D eigenvalue weighted by Crippen LogP contribution is -2.28. The zero-order valence-corrected chi connectivity index (χ0v) is 11.5. The first-order valence-electron chi connectivity index (χ1n) is 6.74. The van der Waals surface area contributed by atoms with E-state index in [0.29, 0.717) is 13.0 Å². The van der Waals surface area contributed by atoms with Crippen LogP contribution in [0.3, 0.4) is 0 Å². The molecule has 5 heteroatoms. The summed E-state index contributed by atoms with van der Waals surface area (Å²) in [6.07, 6.45) is 0.982. The molecule has 0 aliphatic carbocycles. The number of aromatic nitrogens is 2. The van der Waals surface area contributed by atoms with Crippen LogP contribution in [-0.4, -0.2) is 22.1 Å². The van der Waals surface area contributed by atoms with E-state index in [4.69, 9.17) is 10.5 Å². The van der Waals surface area contributed by atoms with Crippen LogP contribution < -0.4 is 5.32 Å². The molecule has 0 aliphatic rings. The van der Waals surface area contributed by atoms with Gasteiger partial charge in [0.05, 0.1) is 35.6 Å². The van der Waals surface area contributed by atoms with Gasteiger partial charge in [-0.05, 0) is 25.1 Å². The number of fused-ring (bicyclic) bond motifs is 1. The number of aryl methyl sites for hydroxylation is 1. The molecular weight excluding hydrogens is 250 g/mol. The van der Waals surface area contributed by atoms with Gasteiger partial charge in [-0.3, -0.25) is 0 Å². The predicted molar refractivity (Wildman–Crippen MR) is 76.7 cm³/mol. The van der Waals surface area contributed by atoms with E-state index in [1.807, 2.05) is 35.8 Å². The van der Waals surface area contributed by atoms with Crippen LogP contribution >= 0.6 is 0 Å². The van der Waals surface area contributed by atoms with Gasteiger partial charge in [-0.2, -0.15) is 10.5 Å². The van der Waals surface area contributed by atoms with Crippen molar-refractivity contribution in [2.75, 3.05) is 6.54 Å². The quantitative estimate of drug-likeness (QED) is 0.868. The summed E-state index contributed by atoms with van der Waals surface area (Å²) >= 11 is 0. The molecule has 2 rings (SSSR count). The number of hydrogen-bond acceptors (Lipinski definition) is 4. The summed E-state index contributed by atoms with van der Waals surface area (Å²) in [7, 11) is 0. The average molecular weight is 267 g/mol. The number of para-hydroxylation sites is 2. The molecule has 0 radical (unpaired) electrons. The Hall–Kier alpha value is -2.37. The Morgan fingerprint density at radius 3 is 2.85 bits per heavy atom. The van der Waals surface area contributed by atoms with Crippen molar-refractivity contribution in [3.05, 3.63) is 30.1 Å². The van der Waals surface area contributed by atoms with Crippen LogP contribution in [0.5, 0.6) is 0 Å². The second-order valence-corrected chi connectivity index (χ2v) is 4.53. The Balaban J connectivity index is 2.25. The maximum absolute atomic E-state index is 9.08. The Morgan fingerprint density at radius 1 is 1.35 bits per heavy atom. The van der Waals surface area contributed by atoms with Gasteiger partial charge in [-0.1, -0.05) is 19.1 Å². The van der Waals surface area contributed by atoms with Crippen LogP contribution in [0.1, 0.15) is 19.2 Å². The van der Waals surface area contributed by atoms with Gasteiger partial charge < -0.3 is 9.88 Å². The highest BCUT2D eigenvalue weighted by atomic mass is 15.1. The standard InChI is InChI=1S/C15H17N5/c1-2-18-12(11-17)8-10-20-14-6-4-3-5-13(14)19-15(20)7-9-16/h3-6,12,18H,2,7-8,10H2,1H3. The number of imidazole rings is 1. The molecule has 2 aromatic rings. The third kappa shape index (κ3) is 2.96. The van der Waals surface area contributed by atoms with Crippen molar-refractivity contribution in [2.24, 2.45) is 0 Å². The first kappa shape index (κ1) is 14.0. The summed E-state index contributed by atoms with van der Waals surface area (Å²) in [6, 6.07) is 12.1. The molecule has 102 valence electrons. The molecule has 1 unspecified atom stereocenters. The number of nitriles is 2. The second kappa shape index (κ2) is 6.70. The molecular formula is C15H17N5. The van der Waals surface area contributed by atoms with Crippen molar-refractivity contribution in [1.29, 1.82) is 10.5 Å². The highest BCUT2D eigenvalue weighted by Gasteiger charge is 2.12. The van der Waals surface area contributed by atoms with Gasteiger partial charge in [0.15, 0.2) is 0 Å². The maximum atomic E-state index is 9.08. The number of benzene rings is 1. The van der Waals surface area contributed by atoms with Gasteiger partial charge in [0, 0.05) is 6.54 Å². The van der Waals surface area contributed by atoms with Crippen molar-refractivity contribution < 1.29 is 0 Å². The molecule has 1 N–H and O–H groups in total. The van der Waals surface area contributed by atoms with Crippen LogP contribution in [0.2, 0.25) is 0 Å². The third-order valence-electron chi connectivity index (χ3n) is 3.22. The zero-order valence-electron chi connectivity index (χ0n) is 11.5. The molecule has 0 aliphatic heterocycles. The lowest BCUT2D eigenvalue weighted by molar-refractivity contribution is 0.527. The summed E-state index contributed by atoms with van der Waals surface area (Å²) in [5.41, 5.74) is 1.92. The van der Waals surface area contributed by atoms with E-state index >= 15 is 0 Å². The van der Waals surface area contributed by atoms with Gasteiger partial charge in [0.1, 0.15) is 5.82 Å². The van der Waals surface area contributed by atoms with Crippen LogP contribution in [0.4, 0.5) is 0 Å². The lowest BCUT2D eigenvalue weighted by Gasteiger charge is -2.12. The largest absolute Gasteiger partial charge is 0.327 e. The molecule has 1 aromatic heterocycles. The first-order valence-corrected chi connectivity index (χ1v) is 6.74. The van der Waals surface area contributed by atoms with Crippen molar-refractivity contribution in [3.63, 3.8) is 0 Å². The van der Waals surface area contributed by atoms with Crippen LogP contribution in [0.25, 0.3) is 11.0 Å². The first-order chi connectivity index (χ1) is 9.80. The third-order valence-corrected chi connectivity index (χ3v) is 3.22. The Bertz CT molecular complexity index is 659. The monoisotopic (exact) mass is 267 g/mol. The van der Waals surface area contributed by atoms with E-state index in [0.717, 1.165) is 23.4 Å². The van der Waals surface area contributed by atoms with Gasteiger partial charge in [0.2, 0.25) is 0 Å². The summed E-state index contributed by atoms with van der Waals surface area (Å²) < 4.78 is 2.04. The van der Waals surface area contributed by atoms with E-state index < -0.39 is 0 Å². The van der Waals surface area contributed by atoms with Gasteiger partial charge >= 0.3 is 0 Å². The van der Waals surface area contributed by atoms with Crippen molar-refractivity contribution in [3.8, 4) is 12.1 Å². The smallest absolute Gasteiger partial charge is 0.124 e. The molecule has 1 atom stereocenters. The van der Waals surface area contributed by atoms with Crippen LogP contribution in [0.15, 0.2) is 24.3 Å². The fourth-order valence-corrected chi connectivity index (χ4v) is 2.30. The molecule has 0 bridgehead atoms. The Morgan fingerprint density at radius 2 is 2.15 bits per heavy atom. The number of rotatable bonds is 6. The van der Waals surface area contributed by atoms with E-state index in [1.54, 1.807) is 0 Å². The van der Waals surface area contributed by atoms with Gasteiger partial charge in [-0.15, -0.1) is 0 Å². The normalized spacial score (nSPS) is 11.9. The molecule has 0 saturated heterocycles. The van der Waals surface area contributed by atoms with E-state index in [2.05, 4.69) is 22.4 Å². The summed E-state index contributed by atoms with van der Waals surface area (Å²) in [5, 5.41) is 21.1. The molecule has 1 heterocycles. The molecule has 0 fully saturated rings. The predicted octanol–water partition coefficient (Wildman–Crippen LogP) is 1.99. The fourth-order valence-electron chi connectivity index (χ4n) is 2.30. The fraction of sp³-hybridized carbons (Fsp3) is 0.400. The van der Waals surface area contributed by atoms with E-state index in [-0.39, 0.29) is 12.5 Å². The van der Waals surface area contributed by atoms with Crippen molar-refractivity contribution in [1.82, 2.24) is 14.9 Å². The number of hydrogen-bond donors (Lipinski definition) is 1. The zero-order chi connectivity index (χ0) is 14.4. The van der Waals surface area contributed by atoms with E-state index in [9.17, 15) is 0 Å². The van der Waals surface area contributed by atoms with Gasteiger partial charge in [0.25, 0.3) is 0 Å². The molecule has 5 nitrogen and oxygen atoms in total. The minimum Gasteiger partial charge on any atom is -0.327 e. The average Bonchev–Trinajstić information content (AvgIpc) is 2.81. The highest BCUT2D eigenvalue weighted by molar-refractivity contribution is 5.75.